The zero-order chi connectivity index (χ0) is 19.8. The Hall–Kier alpha value is -2.60. The molecule has 0 radical (unpaired) electrons. The Morgan fingerprint density at radius 3 is 2.25 bits per heavy atom. The molecule has 2 aromatic carbocycles. The van der Waals surface area contributed by atoms with Crippen molar-refractivity contribution in [2.24, 2.45) is 4.99 Å². The number of hydrogen-bond donors (Lipinski definition) is 1. The summed E-state index contributed by atoms with van der Waals surface area (Å²) in [4.78, 5) is 6.88. The van der Waals surface area contributed by atoms with Crippen molar-refractivity contribution in [3.05, 3.63) is 71.8 Å². The average molecular weight is 398 g/mol. The highest BCUT2D eigenvalue weighted by Gasteiger charge is 2.18. The van der Waals surface area contributed by atoms with E-state index in [2.05, 4.69) is 45.6 Å². The standard InChI is InChI=1S/C22H27N3O2S/c1-23-22(24-14-17-28(26,27)21-10-6-3-7-11-21)25-15-12-20(13-16-25)18-19-8-4-2-5-9-19/h2-11,18H,12-17H2,1H3,(H,23,24). The topological polar surface area (TPSA) is 61.8 Å². The smallest absolute Gasteiger partial charge is 0.193 e. The number of piperidine rings is 1. The van der Waals surface area contributed by atoms with E-state index in [4.69, 9.17) is 0 Å². The molecule has 1 heterocycles. The predicted octanol–water partition coefficient (Wildman–Crippen LogP) is 3.22. The molecule has 0 aromatic heterocycles. The minimum Gasteiger partial charge on any atom is -0.355 e. The quantitative estimate of drug-likeness (QED) is 0.622. The van der Waals surface area contributed by atoms with Gasteiger partial charge in [-0.1, -0.05) is 60.2 Å². The van der Waals surface area contributed by atoms with Crippen LogP contribution < -0.4 is 5.32 Å². The van der Waals surface area contributed by atoms with Crippen LogP contribution in [-0.2, 0) is 9.84 Å². The first-order valence-corrected chi connectivity index (χ1v) is 11.2. The summed E-state index contributed by atoms with van der Waals surface area (Å²) in [5.74, 6) is 0.810. The molecular weight excluding hydrogens is 370 g/mol. The summed E-state index contributed by atoms with van der Waals surface area (Å²) in [6.45, 7) is 2.10. The first-order valence-electron chi connectivity index (χ1n) is 9.56. The molecular formula is C22H27N3O2S. The highest BCUT2D eigenvalue weighted by molar-refractivity contribution is 7.91. The number of hydrogen-bond acceptors (Lipinski definition) is 3. The Morgan fingerprint density at radius 1 is 1.04 bits per heavy atom. The monoisotopic (exact) mass is 397 g/mol. The van der Waals surface area contributed by atoms with Gasteiger partial charge in [-0.05, 0) is 30.5 Å². The number of likely N-dealkylation sites (tertiary alicyclic amines) is 1. The largest absolute Gasteiger partial charge is 0.355 e. The lowest BCUT2D eigenvalue weighted by atomic mass is 10.0. The van der Waals surface area contributed by atoms with Crippen molar-refractivity contribution in [3.8, 4) is 0 Å². The van der Waals surface area contributed by atoms with Gasteiger partial charge in [0.1, 0.15) is 0 Å². The van der Waals surface area contributed by atoms with Crippen LogP contribution in [0.1, 0.15) is 18.4 Å². The van der Waals surface area contributed by atoms with E-state index in [0.29, 0.717) is 11.4 Å². The lowest BCUT2D eigenvalue weighted by molar-refractivity contribution is 0.376. The van der Waals surface area contributed by atoms with Gasteiger partial charge in [-0.2, -0.15) is 0 Å². The molecule has 3 rings (SSSR count). The fraction of sp³-hybridized carbons (Fsp3) is 0.318. The fourth-order valence-electron chi connectivity index (χ4n) is 3.31. The number of rotatable bonds is 5. The maximum atomic E-state index is 12.4. The molecule has 0 spiro atoms. The molecule has 1 fully saturated rings. The number of sulfone groups is 1. The normalized spacial score (nSPS) is 15.4. The molecule has 0 amide bonds. The highest BCUT2D eigenvalue weighted by atomic mass is 32.2. The van der Waals surface area contributed by atoms with Crippen molar-refractivity contribution in [1.29, 1.82) is 0 Å². The molecule has 5 nitrogen and oxygen atoms in total. The van der Waals surface area contributed by atoms with Crippen LogP contribution in [0.5, 0.6) is 0 Å². The summed E-state index contributed by atoms with van der Waals surface area (Å²) in [5, 5.41) is 3.21. The number of nitrogens with one attached hydrogen (secondary N) is 1. The van der Waals surface area contributed by atoms with Gasteiger partial charge in [0.2, 0.25) is 0 Å². The van der Waals surface area contributed by atoms with Crippen LogP contribution in [0, 0.1) is 0 Å². The summed E-state index contributed by atoms with van der Waals surface area (Å²) < 4.78 is 24.8. The van der Waals surface area contributed by atoms with Crippen LogP contribution in [0.2, 0.25) is 0 Å². The van der Waals surface area contributed by atoms with Gasteiger partial charge in [0.05, 0.1) is 10.6 Å². The summed E-state index contributed by atoms with van der Waals surface area (Å²) in [5.41, 5.74) is 2.67. The van der Waals surface area contributed by atoms with Crippen LogP contribution in [0.15, 0.2) is 76.1 Å². The third-order valence-electron chi connectivity index (χ3n) is 4.84. The molecule has 0 aliphatic carbocycles. The van der Waals surface area contributed by atoms with Gasteiger partial charge < -0.3 is 10.2 Å². The molecule has 2 aromatic rings. The average Bonchev–Trinajstić information content (AvgIpc) is 2.73. The van der Waals surface area contributed by atoms with E-state index in [1.165, 1.54) is 11.1 Å². The van der Waals surface area contributed by atoms with Crippen molar-refractivity contribution in [1.82, 2.24) is 10.2 Å². The lowest BCUT2D eigenvalue weighted by Gasteiger charge is -2.31. The van der Waals surface area contributed by atoms with E-state index in [1.54, 1.807) is 31.3 Å². The lowest BCUT2D eigenvalue weighted by Crippen LogP contribution is -2.45. The van der Waals surface area contributed by atoms with Crippen molar-refractivity contribution in [2.45, 2.75) is 17.7 Å². The summed E-state index contributed by atoms with van der Waals surface area (Å²) in [7, 11) is -1.54. The Bertz CT molecular complexity index is 913. The second kappa shape index (κ2) is 9.55. The summed E-state index contributed by atoms with van der Waals surface area (Å²) >= 11 is 0. The molecule has 6 heteroatoms. The van der Waals surface area contributed by atoms with Crippen molar-refractivity contribution in [2.75, 3.05) is 32.4 Å². The van der Waals surface area contributed by atoms with E-state index in [-0.39, 0.29) is 5.75 Å². The zero-order valence-corrected chi connectivity index (χ0v) is 17.0. The van der Waals surface area contributed by atoms with Crippen molar-refractivity contribution >= 4 is 21.9 Å². The number of benzene rings is 2. The van der Waals surface area contributed by atoms with Crippen molar-refractivity contribution < 1.29 is 8.42 Å². The minimum atomic E-state index is -3.28. The number of nitrogens with zero attached hydrogens (tertiary/aromatic N) is 2. The zero-order valence-electron chi connectivity index (χ0n) is 16.2. The number of guanidine groups is 1. The second-order valence-electron chi connectivity index (χ2n) is 6.81. The first kappa shape index (κ1) is 20.1. The summed E-state index contributed by atoms with van der Waals surface area (Å²) in [6.07, 6.45) is 4.23. The van der Waals surface area contributed by atoms with E-state index in [0.717, 1.165) is 31.9 Å². The Labute approximate surface area is 167 Å². The first-order chi connectivity index (χ1) is 13.6. The van der Waals surface area contributed by atoms with Gasteiger partial charge in [0, 0.05) is 26.7 Å². The predicted molar refractivity (Wildman–Crippen MR) is 115 cm³/mol. The third-order valence-corrected chi connectivity index (χ3v) is 6.58. The van der Waals surface area contributed by atoms with Gasteiger partial charge in [0.15, 0.2) is 15.8 Å². The molecule has 0 unspecified atom stereocenters. The maximum absolute atomic E-state index is 12.4. The molecule has 1 aliphatic rings. The van der Waals surface area contributed by atoms with Crippen LogP contribution in [0.4, 0.5) is 0 Å². The SMILES string of the molecule is CN=C(NCCS(=O)(=O)c1ccccc1)N1CCC(=Cc2ccccc2)CC1. The molecule has 0 saturated carbocycles. The van der Waals surface area contributed by atoms with E-state index in [9.17, 15) is 8.42 Å². The molecule has 1 N–H and O–H groups in total. The van der Waals surface area contributed by atoms with Gasteiger partial charge in [-0.3, -0.25) is 4.99 Å². The van der Waals surface area contributed by atoms with Crippen molar-refractivity contribution in [3.63, 3.8) is 0 Å². The third kappa shape index (κ3) is 5.45. The molecule has 0 atom stereocenters. The van der Waals surface area contributed by atoms with Gasteiger partial charge >= 0.3 is 0 Å². The maximum Gasteiger partial charge on any atom is 0.193 e. The van der Waals surface area contributed by atoms with Crippen LogP contribution >= 0.6 is 0 Å². The summed E-state index contributed by atoms with van der Waals surface area (Å²) in [6, 6.07) is 18.9. The van der Waals surface area contributed by atoms with Crippen LogP contribution in [-0.4, -0.2) is 51.7 Å². The Kier molecular flexibility index (Phi) is 6.87. The van der Waals surface area contributed by atoms with Gasteiger partial charge in [-0.15, -0.1) is 0 Å². The molecule has 1 aliphatic heterocycles. The minimum absolute atomic E-state index is 0.0447. The fourth-order valence-corrected chi connectivity index (χ4v) is 4.49. The second-order valence-corrected chi connectivity index (χ2v) is 8.92. The molecule has 0 bridgehead atoms. The highest BCUT2D eigenvalue weighted by Crippen LogP contribution is 2.19. The van der Waals surface area contributed by atoms with Gasteiger partial charge in [-0.25, -0.2) is 8.42 Å². The van der Waals surface area contributed by atoms with Gasteiger partial charge in [0.25, 0.3) is 0 Å². The Balaban J connectivity index is 1.51. The van der Waals surface area contributed by atoms with Crippen LogP contribution in [0.25, 0.3) is 6.08 Å². The molecule has 28 heavy (non-hydrogen) atoms. The van der Waals surface area contributed by atoms with E-state index < -0.39 is 9.84 Å². The molecule has 1 saturated heterocycles. The van der Waals surface area contributed by atoms with Crippen LogP contribution in [0.3, 0.4) is 0 Å². The molecule has 148 valence electrons. The number of aliphatic imine (C=N–C) groups is 1. The Morgan fingerprint density at radius 2 is 1.64 bits per heavy atom. The van der Waals surface area contributed by atoms with E-state index >= 15 is 0 Å². The van der Waals surface area contributed by atoms with E-state index in [1.807, 2.05) is 12.1 Å².